The molecule has 0 fully saturated rings. The number of halogens is 1. The van der Waals surface area contributed by atoms with Crippen LogP contribution in [0.15, 0.2) is 28.9 Å². The van der Waals surface area contributed by atoms with Gasteiger partial charge in [0.15, 0.2) is 0 Å². The molecule has 0 aliphatic rings. The average molecular weight is 326 g/mol. The van der Waals surface area contributed by atoms with E-state index in [1.165, 1.54) is 10.7 Å². The van der Waals surface area contributed by atoms with Gasteiger partial charge in [-0.2, -0.15) is 0 Å². The molecular formula is C11H12BrN5O2. The van der Waals surface area contributed by atoms with Gasteiger partial charge < -0.3 is 5.32 Å². The van der Waals surface area contributed by atoms with Gasteiger partial charge in [-0.1, -0.05) is 12.1 Å². The Hall–Kier alpha value is -1.80. The summed E-state index contributed by atoms with van der Waals surface area (Å²) in [4.78, 5) is 10.4. The summed E-state index contributed by atoms with van der Waals surface area (Å²) in [6, 6.07) is 4.82. The van der Waals surface area contributed by atoms with E-state index in [-0.39, 0.29) is 5.69 Å². The van der Waals surface area contributed by atoms with Crippen molar-refractivity contribution in [3.05, 3.63) is 44.7 Å². The van der Waals surface area contributed by atoms with Gasteiger partial charge in [0.25, 0.3) is 5.69 Å². The Kier molecular flexibility index (Phi) is 4.23. The van der Waals surface area contributed by atoms with Gasteiger partial charge in [-0.3, -0.25) is 10.1 Å². The van der Waals surface area contributed by atoms with Gasteiger partial charge in [0.1, 0.15) is 0 Å². The van der Waals surface area contributed by atoms with Crippen LogP contribution in [0.4, 0.5) is 5.69 Å². The van der Waals surface area contributed by atoms with Crippen LogP contribution in [-0.4, -0.2) is 26.5 Å². The highest BCUT2D eigenvalue weighted by molar-refractivity contribution is 9.10. The van der Waals surface area contributed by atoms with Crippen molar-refractivity contribution in [3.63, 3.8) is 0 Å². The van der Waals surface area contributed by atoms with E-state index in [1.54, 1.807) is 18.3 Å². The fourth-order valence-corrected chi connectivity index (χ4v) is 1.93. The van der Waals surface area contributed by atoms with Gasteiger partial charge in [-0.15, -0.1) is 5.10 Å². The molecule has 7 nitrogen and oxygen atoms in total. The Bertz CT molecular complexity index is 599. The van der Waals surface area contributed by atoms with Crippen LogP contribution in [0.25, 0.3) is 5.69 Å². The van der Waals surface area contributed by atoms with Crippen LogP contribution >= 0.6 is 15.9 Å². The van der Waals surface area contributed by atoms with Crippen LogP contribution in [0.3, 0.4) is 0 Å². The maximum atomic E-state index is 10.9. The highest BCUT2D eigenvalue weighted by Gasteiger charge is 2.13. The fourth-order valence-electron chi connectivity index (χ4n) is 1.54. The standard InChI is InChI=1S/C11H12BrN5O2/c1-2-13-6-8-7-16(15-14-8)9-3-4-10(12)11(5-9)17(18)19/h3-5,7,13H,2,6H2,1H3. The average Bonchev–Trinajstić information content (AvgIpc) is 2.85. The highest BCUT2D eigenvalue weighted by Crippen LogP contribution is 2.26. The fraction of sp³-hybridized carbons (Fsp3) is 0.273. The molecule has 0 saturated heterocycles. The van der Waals surface area contributed by atoms with E-state index in [4.69, 9.17) is 0 Å². The molecule has 0 aliphatic carbocycles. The van der Waals surface area contributed by atoms with Crippen molar-refractivity contribution >= 4 is 21.6 Å². The third-order valence-electron chi connectivity index (χ3n) is 2.49. The van der Waals surface area contributed by atoms with Gasteiger partial charge in [-0.25, -0.2) is 4.68 Å². The minimum Gasteiger partial charge on any atom is -0.311 e. The molecule has 1 heterocycles. The number of nitro groups is 1. The van der Waals surface area contributed by atoms with Crippen LogP contribution in [0.5, 0.6) is 0 Å². The normalized spacial score (nSPS) is 10.6. The zero-order chi connectivity index (χ0) is 13.8. The summed E-state index contributed by atoms with van der Waals surface area (Å²) in [6.07, 6.45) is 1.75. The Morgan fingerprint density at radius 3 is 3.00 bits per heavy atom. The molecule has 2 rings (SSSR count). The van der Waals surface area contributed by atoms with Crippen molar-refractivity contribution in [1.29, 1.82) is 0 Å². The number of hydrogen-bond acceptors (Lipinski definition) is 5. The third-order valence-corrected chi connectivity index (χ3v) is 3.16. The molecule has 0 spiro atoms. The number of hydrogen-bond donors (Lipinski definition) is 1. The van der Waals surface area contributed by atoms with E-state index in [1.807, 2.05) is 6.92 Å². The molecule has 1 aromatic heterocycles. The van der Waals surface area contributed by atoms with Crippen LogP contribution in [0, 0.1) is 10.1 Å². The molecule has 0 aliphatic heterocycles. The molecule has 1 aromatic carbocycles. The summed E-state index contributed by atoms with van der Waals surface area (Å²) in [5.41, 5.74) is 1.39. The molecule has 0 amide bonds. The predicted octanol–water partition coefficient (Wildman–Crippen LogP) is 2.05. The Labute approximate surface area is 117 Å². The summed E-state index contributed by atoms with van der Waals surface area (Å²) >= 11 is 3.15. The van der Waals surface area contributed by atoms with Crippen LogP contribution < -0.4 is 5.32 Å². The van der Waals surface area contributed by atoms with Crippen LogP contribution in [0.1, 0.15) is 12.6 Å². The first-order valence-corrected chi connectivity index (χ1v) is 6.47. The molecular weight excluding hydrogens is 314 g/mol. The second kappa shape index (κ2) is 5.89. The Balaban J connectivity index is 2.29. The van der Waals surface area contributed by atoms with E-state index in [0.717, 1.165) is 12.2 Å². The first kappa shape index (κ1) is 13.6. The molecule has 100 valence electrons. The second-order valence-electron chi connectivity index (χ2n) is 3.83. The monoisotopic (exact) mass is 325 g/mol. The lowest BCUT2D eigenvalue weighted by atomic mass is 10.3. The number of aromatic nitrogens is 3. The summed E-state index contributed by atoms with van der Waals surface area (Å²) in [5, 5.41) is 22.0. The van der Waals surface area contributed by atoms with Crippen LogP contribution in [-0.2, 0) is 6.54 Å². The zero-order valence-corrected chi connectivity index (χ0v) is 11.8. The lowest BCUT2D eigenvalue weighted by Gasteiger charge is -2.01. The van der Waals surface area contributed by atoms with Crippen molar-refractivity contribution in [3.8, 4) is 5.69 Å². The largest absolute Gasteiger partial charge is 0.311 e. The number of benzene rings is 1. The molecule has 1 N–H and O–H groups in total. The number of nitrogens with zero attached hydrogens (tertiary/aromatic N) is 4. The Morgan fingerprint density at radius 1 is 1.53 bits per heavy atom. The molecule has 8 heteroatoms. The quantitative estimate of drug-likeness (QED) is 0.671. The van der Waals surface area contributed by atoms with Crippen molar-refractivity contribution in [1.82, 2.24) is 20.3 Å². The summed E-state index contributed by atoms with van der Waals surface area (Å²) < 4.78 is 1.96. The SMILES string of the molecule is CCNCc1cn(-c2ccc(Br)c([N+](=O)[O-])c2)nn1. The van der Waals surface area contributed by atoms with Crippen molar-refractivity contribution in [2.75, 3.05) is 6.54 Å². The predicted molar refractivity (Wildman–Crippen MR) is 73.1 cm³/mol. The van der Waals surface area contributed by atoms with E-state index in [9.17, 15) is 10.1 Å². The van der Waals surface area contributed by atoms with E-state index in [2.05, 4.69) is 31.6 Å². The minimum absolute atomic E-state index is 0.00114. The summed E-state index contributed by atoms with van der Waals surface area (Å²) in [5.74, 6) is 0. The number of nitro benzene ring substituents is 1. The van der Waals surface area contributed by atoms with E-state index in [0.29, 0.717) is 16.7 Å². The van der Waals surface area contributed by atoms with Gasteiger partial charge in [0, 0.05) is 12.6 Å². The minimum atomic E-state index is -0.440. The Morgan fingerprint density at radius 2 is 2.32 bits per heavy atom. The van der Waals surface area contributed by atoms with E-state index >= 15 is 0 Å². The topological polar surface area (TPSA) is 85.9 Å². The maximum Gasteiger partial charge on any atom is 0.285 e. The van der Waals surface area contributed by atoms with Crippen molar-refractivity contribution in [2.24, 2.45) is 0 Å². The summed E-state index contributed by atoms with van der Waals surface area (Å²) in [7, 11) is 0. The third kappa shape index (κ3) is 3.15. The van der Waals surface area contributed by atoms with Gasteiger partial charge in [-0.05, 0) is 34.6 Å². The van der Waals surface area contributed by atoms with Gasteiger partial charge in [0.2, 0.25) is 0 Å². The second-order valence-corrected chi connectivity index (χ2v) is 4.68. The van der Waals surface area contributed by atoms with Crippen molar-refractivity contribution in [2.45, 2.75) is 13.5 Å². The molecule has 2 aromatic rings. The molecule has 0 unspecified atom stereocenters. The molecule has 0 atom stereocenters. The maximum absolute atomic E-state index is 10.9. The zero-order valence-electron chi connectivity index (χ0n) is 10.2. The smallest absolute Gasteiger partial charge is 0.285 e. The first-order chi connectivity index (χ1) is 9.11. The summed E-state index contributed by atoms with van der Waals surface area (Å²) in [6.45, 7) is 3.47. The lowest BCUT2D eigenvalue weighted by molar-refractivity contribution is -0.385. The van der Waals surface area contributed by atoms with Gasteiger partial charge >= 0.3 is 0 Å². The number of nitrogens with one attached hydrogen (secondary N) is 1. The van der Waals surface area contributed by atoms with Crippen molar-refractivity contribution < 1.29 is 4.92 Å². The first-order valence-electron chi connectivity index (χ1n) is 5.68. The molecule has 19 heavy (non-hydrogen) atoms. The molecule has 0 saturated carbocycles. The van der Waals surface area contributed by atoms with E-state index < -0.39 is 4.92 Å². The lowest BCUT2D eigenvalue weighted by Crippen LogP contribution is -2.11. The van der Waals surface area contributed by atoms with Crippen LogP contribution in [0.2, 0.25) is 0 Å². The number of rotatable bonds is 5. The molecule has 0 bridgehead atoms. The van der Waals surface area contributed by atoms with Gasteiger partial charge in [0.05, 0.1) is 27.0 Å². The molecule has 0 radical (unpaired) electrons. The highest BCUT2D eigenvalue weighted by atomic mass is 79.9.